The number of aryl methyl sites for hydroxylation is 1. The summed E-state index contributed by atoms with van der Waals surface area (Å²) in [6.45, 7) is 3.66. The Labute approximate surface area is 269 Å². The molecule has 1 N–H and O–H groups in total. The second-order valence-corrected chi connectivity index (χ2v) is 11.9. The number of rotatable bonds is 8. The Kier molecular flexibility index (Phi) is 9.10. The number of aromatic nitrogens is 4. The lowest BCUT2D eigenvalue weighted by atomic mass is 9.88. The fourth-order valence-corrected chi connectivity index (χ4v) is 6.42. The van der Waals surface area contributed by atoms with Crippen LogP contribution in [0, 0.1) is 6.92 Å². The fraction of sp³-hybridized carbons (Fsp3) is 0.343. The summed E-state index contributed by atoms with van der Waals surface area (Å²) in [4.78, 5) is 34.8. The molecule has 0 atom stereocenters. The molecule has 0 spiro atoms. The van der Waals surface area contributed by atoms with Crippen LogP contribution < -0.4 is 4.74 Å². The van der Waals surface area contributed by atoms with Gasteiger partial charge in [-0.15, -0.1) is 0 Å². The summed E-state index contributed by atoms with van der Waals surface area (Å²) >= 11 is 0. The highest BCUT2D eigenvalue weighted by Crippen LogP contribution is 2.36. The Balaban J connectivity index is 1.15. The fourth-order valence-electron chi connectivity index (χ4n) is 6.42. The van der Waals surface area contributed by atoms with Crippen LogP contribution in [0.3, 0.4) is 0 Å². The van der Waals surface area contributed by atoms with Gasteiger partial charge in [-0.2, -0.15) is 18.3 Å². The zero-order valence-corrected chi connectivity index (χ0v) is 25.8. The number of pyridine rings is 2. The molecule has 244 valence electrons. The van der Waals surface area contributed by atoms with Crippen LogP contribution in [0.4, 0.5) is 13.2 Å². The molecule has 1 aromatic carbocycles. The molecule has 6 rings (SSSR count). The van der Waals surface area contributed by atoms with Crippen LogP contribution in [0.25, 0.3) is 11.4 Å². The summed E-state index contributed by atoms with van der Waals surface area (Å²) in [6.07, 6.45) is 2.44. The molecule has 1 aliphatic carbocycles. The molecular formula is C35H34F3N5O4. The molecular weight excluding hydrogens is 611 g/mol. The van der Waals surface area contributed by atoms with Gasteiger partial charge in [-0.3, -0.25) is 9.78 Å². The van der Waals surface area contributed by atoms with Crippen molar-refractivity contribution >= 4 is 17.4 Å². The minimum atomic E-state index is -4.94. The van der Waals surface area contributed by atoms with Crippen molar-refractivity contribution in [3.63, 3.8) is 0 Å². The minimum absolute atomic E-state index is 0.0398. The van der Waals surface area contributed by atoms with Gasteiger partial charge in [0.25, 0.3) is 5.91 Å². The van der Waals surface area contributed by atoms with Crippen LogP contribution in [0.5, 0.6) is 5.75 Å². The van der Waals surface area contributed by atoms with Crippen LogP contribution in [0.1, 0.15) is 87.8 Å². The van der Waals surface area contributed by atoms with E-state index in [2.05, 4.69) is 27.2 Å². The van der Waals surface area contributed by atoms with Crippen molar-refractivity contribution in [2.75, 3.05) is 19.7 Å². The van der Waals surface area contributed by atoms with E-state index in [0.29, 0.717) is 54.3 Å². The van der Waals surface area contributed by atoms with Crippen LogP contribution in [0.2, 0.25) is 0 Å². The number of amides is 1. The number of carbonyl (C=O) groups is 2. The normalized spacial score (nSPS) is 16.0. The van der Waals surface area contributed by atoms with Gasteiger partial charge < -0.3 is 14.7 Å². The highest BCUT2D eigenvalue weighted by molar-refractivity contribution is 5.92. The first-order chi connectivity index (χ1) is 22.6. The maximum atomic E-state index is 13.8. The van der Waals surface area contributed by atoms with E-state index in [0.717, 1.165) is 54.6 Å². The van der Waals surface area contributed by atoms with E-state index in [1.807, 2.05) is 24.0 Å². The number of hydrogen-bond donors (Lipinski definition) is 1. The summed E-state index contributed by atoms with van der Waals surface area (Å²) in [5, 5.41) is 13.0. The summed E-state index contributed by atoms with van der Waals surface area (Å²) in [5.74, 6) is -0.777. The van der Waals surface area contributed by atoms with E-state index in [1.165, 1.54) is 11.6 Å². The molecule has 4 aromatic rings. The molecule has 0 radical (unpaired) electrons. The van der Waals surface area contributed by atoms with E-state index in [-0.39, 0.29) is 11.7 Å². The lowest BCUT2D eigenvalue weighted by Crippen LogP contribution is -2.38. The number of allylic oxidation sites excluding steroid dienone is 1. The van der Waals surface area contributed by atoms with Gasteiger partial charge in [0.05, 0.1) is 11.9 Å². The topological polar surface area (TPSA) is 110 Å². The maximum Gasteiger partial charge on any atom is 0.434 e. The average Bonchev–Trinajstić information content (AvgIpc) is 3.55. The number of likely N-dealkylation sites (tertiary alicyclic amines) is 1. The van der Waals surface area contributed by atoms with Crippen LogP contribution in [-0.2, 0) is 6.18 Å². The molecule has 1 fully saturated rings. The lowest BCUT2D eigenvalue weighted by Gasteiger charge is -2.32. The number of nitrogens with zero attached hydrogens (tertiary/aromatic N) is 5. The predicted octanol–water partition coefficient (Wildman–Crippen LogP) is 7.11. The Morgan fingerprint density at radius 1 is 1.02 bits per heavy atom. The average molecular weight is 646 g/mol. The number of alkyl halides is 3. The monoisotopic (exact) mass is 645 g/mol. The molecule has 2 aliphatic rings. The second-order valence-electron chi connectivity index (χ2n) is 11.9. The highest BCUT2D eigenvalue weighted by atomic mass is 19.4. The largest absolute Gasteiger partial charge is 0.489 e. The minimum Gasteiger partial charge on any atom is -0.489 e. The summed E-state index contributed by atoms with van der Waals surface area (Å²) < 4.78 is 48.4. The summed E-state index contributed by atoms with van der Waals surface area (Å²) in [7, 11) is 0. The molecule has 12 heteroatoms. The van der Waals surface area contributed by atoms with Crippen molar-refractivity contribution in [2.45, 2.75) is 57.5 Å². The molecule has 3 aromatic heterocycles. The van der Waals surface area contributed by atoms with Gasteiger partial charge in [0, 0.05) is 19.3 Å². The first-order valence-corrected chi connectivity index (χ1v) is 15.6. The van der Waals surface area contributed by atoms with Crippen LogP contribution in [-0.4, -0.2) is 61.3 Å². The van der Waals surface area contributed by atoms with Gasteiger partial charge in [0.1, 0.15) is 23.6 Å². The van der Waals surface area contributed by atoms with E-state index in [1.54, 1.807) is 30.5 Å². The van der Waals surface area contributed by atoms with Crippen molar-refractivity contribution in [1.82, 2.24) is 24.6 Å². The molecule has 4 heterocycles. The summed E-state index contributed by atoms with van der Waals surface area (Å²) in [6, 6.07) is 16.3. The zero-order chi connectivity index (χ0) is 33.1. The first-order valence-electron chi connectivity index (χ1n) is 15.6. The quantitative estimate of drug-likeness (QED) is 0.217. The van der Waals surface area contributed by atoms with Crippen molar-refractivity contribution in [2.24, 2.45) is 0 Å². The van der Waals surface area contributed by atoms with Crippen molar-refractivity contribution in [3.8, 4) is 11.6 Å². The molecule has 47 heavy (non-hydrogen) atoms. The maximum absolute atomic E-state index is 13.8. The van der Waals surface area contributed by atoms with Crippen LogP contribution >= 0.6 is 0 Å². The smallest absolute Gasteiger partial charge is 0.434 e. The van der Waals surface area contributed by atoms with Gasteiger partial charge >= 0.3 is 12.1 Å². The first kappa shape index (κ1) is 32.0. The number of carboxylic acid groups (broad SMARTS) is 1. The molecule has 1 aliphatic heterocycles. The number of hydrogen-bond acceptors (Lipinski definition) is 6. The second kappa shape index (κ2) is 13.4. The number of ether oxygens (including phenoxy) is 1. The van der Waals surface area contributed by atoms with Crippen molar-refractivity contribution in [3.05, 3.63) is 106 Å². The Bertz CT molecular complexity index is 1810. The van der Waals surface area contributed by atoms with E-state index in [9.17, 15) is 27.9 Å². The molecule has 0 unspecified atom stereocenters. The highest BCUT2D eigenvalue weighted by Gasteiger charge is 2.41. The number of halogens is 3. The number of benzene rings is 1. The number of carboxylic acids is 1. The third-order valence-corrected chi connectivity index (χ3v) is 8.85. The van der Waals surface area contributed by atoms with Gasteiger partial charge in [-0.25, -0.2) is 14.5 Å². The lowest BCUT2D eigenvalue weighted by molar-refractivity contribution is -0.143. The van der Waals surface area contributed by atoms with E-state index < -0.39 is 23.4 Å². The SMILES string of the molecule is Cc1cc(C2CCN(C(=O)c3ccccn3)CC2)ccc1OCC1=C(c2cccc(-n3ncc(C(=O)O)c3C(F)(F)F)n2)CCCC1. The molecule has 0 saturated carbocycles. The number of aromatic carboxylic acids is 1. The van der Waals surface area contributed by atoms with E-state index in [4.69, 9.17) is 4.74 Å². The molecule has 1 saturated heterocycles. The summed E-state index contributed by atoms with van der Waals surface area (Å²) in [5.41, 5.74) is 2.82. The van der Waals surface area contributed by atoms with Gasteiger partial charge in [0.2, 0.25) is 0 Å². The third kappa shape index (κ3) is 6.91. The predicted molar refractivity (Wildman–Crippen MR) is 167 cm³/mol. The standard InChI is InChI=1S/C35H34F3N5O4/c1-22-19-24(23-14-17-42(18-15-23)33(44)29-9-4-5-16-39-29)12-13-30(22)47-21-25-7-2-3-8-26(25)28-10-6-11-31(41-28)43-32(35(36,37)38)27(20-40-43)34(45)46/h4-6,9-13,16,19-20,23H,2-3,7-8,14-15,17-18,21H2,1H3,(H,45,46). The molecule has 9 nitrogen and oxygen atoms in total. The van der Waals surface area contributed by atoms with Crippen molar-refractivity contribution < 1.29 is 32.6 Å². The molecule has 1 amide bonds. The van der Waals surface area contributed by atoms with Gasteiger partial charge in [0.15, 0.2) is 11.5 Å². The Morgan fingerprint density at radius 3 is 2.51 bits per heavy atom. The Morgan fingerprint density at radius 2 is 1.81 bits per heavy atom. The zero-order valence-electron chi connectivity index (χ0n) is 25.8. The van der Waals surface area contributed by atoms with E-state index >= 15 is 0 Å². The van der Waals surface area contributed by atoms with Gasteiger partial charge in [-0.1, -0.05) is 24.3 Å². The number of piperidine rings is 1. The van der Waals surface area contributed by atoms with Gasteiger partial charge in [-0.05, 0) is 104 Å². The van der Waals surface area contributed by atoms with Crippen LogP contribution in [0.15, 0.2) is 72.6 Å². The third-order valence-electron chi connectivity index (χ3n) is 8.85. The molecule has 0 bridgehead atoms. The Hall–Kier alpha value is -5.00. The van der Waals surface area contributed by atoms with Crippen molar-refractivity contribution in [1.29, 1.82) is 0 Å². The number of carbonyl (C=O) groups excluding carboxylic acids is 1.